The van der Waals surface area contributed by atoms with Gasteiger partial charge in [-0.05, 0) is 19.8 Å². The van der Waals surface area contributed by atoms with Gasteiger partial charge >= 0.3 is 5.97 Å². The topological polar surface area (TPSA) is 50.1 Å². The fourth-order valence-corrected chi connectivity index (χ4v) is 1.04. The van der Waals surface area contributed by atoms with E-state index in [0.29, 0.717) is 13.0 Å². The van der Waals surface area contributed by atoms with Gasteiger partial charge in [0.15, 0.2) is 0 Å². The van der Waals surface area contributed by atoms with Gasteiger partial charge in [-0.2, -0.15) is 5.26 Å². The second-order valence-corrected chi connectivity index (χ2v) is 2.84. The van der Waals surface area contributed by atoms with Gasteiger partial charge in [-0.25, -0.2) is 0 Å². The van der Waals surface area contributed by atoms with Crippen LogP contribution >= 0.6 is 0 Å². The molecule has 0 heterocycles. The summed E-state index contributed by atoms with van der Waals surface area (Å²) in [4.78, 5) is 11.1. The average Bonchev–Trinajstić information content (AvgIpc) is 2.71. The van der Waals surface area contributed by atoms with E-state index in [1.54, 1.807) is 6.92 Å². The lowest BCUT2D eigenvalue weighted by Gasteiger charge is -2.08. The van der Waals surface area contributed by atoms with Crippen molar-refractivity contribution in [1.82, 2.24) is 0 Å². The van der Waals surface area contributed by atoms with Crippen molar-refractivity contribution in [1.29, 1.82) is 5.26 Å². The summed E-state index contributed by atoms with van der Waals surface area (Å²) in [6, 6.07) is 2.01. The van der Waals surface area contributed by atoms with Crippen LogP contribution in [0.2, 0.25) is 0 Å². The van der Waals surface area contributed by atoms with Gasteiger partial charge in [-0.15, -0.1) is 0 Å². The fourth-order valence-electron chi connectivity index (χ4n) is 1.04. The number of nitrogens with zero attached hydrogens (tertiary/aromatic N) is 1. The zero-order chi connectivity index (χ0) is 8.32. The second kappa shape index (κ2) is 2.91. The standard InChI is InChI=1S/C8H11NO2/c1-2-11-7(10)8(3-4-8)5-6-9/h2-5H2,1H3. The number of esters is 1. The first-order valence-corrected chi connectivity index (χ1v) is 3.79. The van der Waals surface area contributed by atoms with Gasteiger partial charge in [0.05, 0.1) is 24.5 Å². The highest BCUT2D eigenvalue weighted by Gasteiger charge is 2.51. The normalized spacial score (nSPS) is 18.5. The lowest BCUT2D eigenvalue weighted by atomic mass is 10.0. The highest BCUT2D eigenvalue weighted by atomic mass is 16.5. The third-order valence-electron chi connectivity index (χ3n) is 1.98. The molecule has 1 aliphatic carbocycles. The molecule has 1 fully saturated rings. The molecule has 0 aromatic heterocycles. The molecule has 1 aliphatic rings. The molecule has 11 heavy (non-hydrogen) atoms. The molecule has 1 rings (SSSR count). The molecule has 3 nitrogen and oxygen atoms in total. The highest BCUT2D eigenvalue weighted by Crippen LogP contribution is 2.49. The summed E-state index contributed by atoms with van der Waals surface area (Å²) < 4.78 is 4.83. The van der Waals surface area contributed by atoms with Crippen molar-refractivity contribution in [2.45, 2.75) is 26.2 Å². The van der Waals surface area contributed by atoms with Crippen LogP contribution in [0.15, 0.2) is 0 Å². The molecule has 0 unspecified atom stereocenters. The number of nitriles is 1. The Kier molecular flexibility index (Phi) is 2.13. The van der Waals surface area contributed by atoms with Crippen LogP contribution in [0.25, 0.3) is 0 Å². The van der Waals surface area contributed by atoms with Crippen LogP contribution < -0.4 is 0 Å². The van der Waals surface area contributed by atoms with Crippen LogP contribution in [-0.2, 0) is 9.53 Å². The predicted octanol–water partition coefficient (Wildman–Crippen LogP) is 1.24. The van der Waals surface area contributed by atoms with E-state index >= 15 is 0 Å². The Morgan fingerprint density at radius 1 is 1.73 bits per heavy atom. The van der Waals surface area contributed by atoms with Gasteiger partial charge in [0.2, 0.25) is 0 Å². The number of hydrogen-bond acceptors (Lipinski definition) is 3. The minimum absolute atomic E-state index is 0.193. The van der Waals surface area contributed by atoms with E-state index in [2.05, 4.69) is 0 Å². The van der Waals surface area contributed by atoms with E-state index in [9.17, 15) is 4.79 Å². The van der Waals surface area contributed by atoms with Crippen LogP contribution in [-0.4, -0.2) is 12.6 Å². The molecular formula is C8H11NO2. The molecule has 0 aromatic rings. The molecule has 0 spiro atoms. The van der Waals surface area contributed by atoms with Crippen LogP contribution in [0.4, 0.5) is 0 Å². The minimum atomic E-state index is -0.412. The van der Waals surface area contributed by atoms with Crippen molar-refractivity contribution < 1.29 is 9.53 Å². The molecule has 3 heteroatoms. The van der Waals surface area contributed by atoms with Gasteiger partial charge in [0.25, 0.3) is 0 Å². The first kappa shape index (κ1) is 8.06. The molecular weight excluding hydrogens is 142 g/mol. The molecule has 0 atom stereocenters. The quantitative estimate of drug-likeness (QED) is 0.573. The molecule has 1 saturated carbocycles. The molecule has 0 N–H and O–H groups in total. The summed E-state index contributed by atoms with van der Waals surface area (Å²) in [5, 5.41) is 8.40. The maximum Gasteiger partial charge on any atom is 0.313 e. The maximum atomic E-state index is 11.1. The molecule has 0 aliphatic heterocycles. The van der Waals surface area contributed by atoms with E-state index < -0.39 is 5.41 Å². The molecule has 60 valence electrons. The van der Waals surface area contributed by atoms with Crippen molar-refractivity contribution in [3.8, 4) is 6.07 Å². The smallest absolute Gasteiger partial charge is 0.313 e. The zero-order valence-electron chi connectivity index (χ0n) is 6.59. The minimum Gasteiger partial charge on any atom is -0.466 e. The van der Waals surface area contributed by atoms with E-state index in [1.807, 2.05) is 6.07 Å². The summed E-state index contributed by atoms with van der Waals surface area (Å²) in [5.74, 6) is -0.193. The van der Waals surface area contributed by atoms with Crippen LogP contribution in [0.1, 0.15) is 26.2 Å². The lowest BCUT2D eigenvalue weighted by Crippen LogP contribution is -2.18. The van der Waals surface area contributed by atoms with Crippen LogP contribution in [0, 0.1) is 16.7 Å². The van der Waals surface area contributed by atoms with Crippen molar-refractivity contribution in [3.05, 3.63) is 0 Å². The lowest BCUT2D eigenvalue weighted by molar-refractivity contribution is -0.149. The van der Waals surface area contributed by atoms with Crippen molar-refractivity contribution in [2.75, 3.05) is 6.61 Å². The average molecular weight is 153 g/mol. The SMILES string of the molecule is CCOC(=O)C1(CC#N)CC1. The number of rotatable bonds is 3. The Morgan fingerprint density at radius 3 is 2.73 bits per heavy atom. The summed E-state index contributed by atoms with van der Waals surface area (Å²) >= 11 is 0. The summed E-state index contributed by atoms with van der Waals surface area (Å²) in [6.07, 6.45) is 1.95. The first-order valence-electron chi connectivity index (χ1n) is 3.79. The maximum absolute atomic E-state index is 11.1. The van der Waals surface area contributed by atoms with Gasteiger partial charge in [-0.1, -0.05) is 0 Å². The molecule has 0 saturated heterocycles. The van der Waals surface area contributed by atoms with Crippen molar-refractivity contribution in [3.63, 3.8) is 0 Å². The summed E-state index contributed by atoms with van der Waals surface area (Å²) in [5.41, 5.74) is -0.412. The Bertz CT molecular complexity index is 201. The van der Waals surface area contributed by atoms with Gasteiger partial charge < -0.3 is 4.74 Å². The highest BCUT2D eigenvalue weighted by molar-refractivity contribution is 5.80. The third-order valence-corrected chi connectivity index (χ3v) is 1.98. The van der Waals surface area contributed by atoms with Crippen molar-refractivity contribution >= 4 is 5.97 Å². The Labute approximate surface area is 66.0 Å². The van der Waals surface area contributed by atoms with Gasteiger partial charge in [-0.3, -0.25) is 4.79 Å². The summed E-state index contributed by atoms with van der Waals surface area (Å²) in [7, 11) is 0. The second-order valence-electron chi connectivity index (χ2n) is 2.84. The van der Waals surface area contributed by atoms with E-state index in [0.717, 1.165) is 12.8 Å². The monoisotopic (exact) mass is 153 g/mol. The van der Waals surface area contributed by atoms with E-state index in [-0.39, 0.29) is 5.97 Å². The Morgan fingerprint density at radius 2 is 2.36 bits per heavy atom. The number of carbonyl (C=O) groups excluding carboxylic acids is 1. The number of hydrogen-bond donors (Lipinski definition) is 0. The Balaban J connectivity index is 2.46. The largest absolute Gasteiger partial charge is 0.466 e. The molecule has 0 aromatic carbocycles. The molecule has 0 amide bonds. The van der Waals surface area contributed by atoms with E-state index in [1.165, 1.54) is 0 Å². The third kappa shape index (κ3) is 1.51. The van der Waals surface area contributed by atoms with Crippen LogP contribution in [0.5, 0.6) is 0 Å². The van der Waals surface area contributed by atoms with Gasteiger partial charge in [0, 0.05) is 0 Å². The van der Waals surface area contributed by atoms with Crippen LogP contribution in [0.3, 0.4) is 0 Å². The number of ether oxygens (including phenoxy) is 1. The van der Waals surface area contributed by atoms with Gasteiger partial charge in [0.1, 0.15) is 0 Å². The first-order chi connectivity index (χ1) is 5.25. The predicted molar refractivity (Wildman–Crippen MR) is 38.5 cm³/mol. The zero-order valence-corrected chi connectivity index (χ0v) is 6.59. The number of carbonyl (C=O) groups is 1. The van der Waals surface area contributed by atoms with Crippen molar-refractivity contribution in [2.24, 2.45) is 5.41 Å². The fraction of sp³-hybridized carbons (Fsp3) is 0.750. The van der Waals surface area contributed by atoms with E-state index in [4.69, 9.17) is 10.00 Å². The molecule has 0 bridgehead atoms. The Hall–Kier alpha value is -1.04. The molecule has 0 radical (unpaired) electrons. The summed E-state index contributed by atoms with van der Waals surface area (Å²) in [6.45, 7) is 2.19.